The molecule has 172 valence electrons. The van der Waals surface area contributed by atoms with Crippen LogP contribution in [-0.2, 0) is 0 Å². The van der Waals surface area contributed by atoms with Crippen molar-refractivity contribution in [3.8, 4) is 23.0 Å². The van der Waals surface area contributed by atoms with Crippen LogP contribution in [0.5, 0.6) is 23.0 Å². The summed E-state index contributed by atoms with van der Waals surface area (Å²) in [6, 6.07) is 15.3. The van der Waals surface area contributed by atoms with Crippen molar-refractivity contribution in [2.45, 2.75) is 34.6 Å². The topological polar surface area (TPSA) is 71.1 Å². The molecule has 0 spiro atoms. The lowest BCUT2D eigenvalue weighted by Crippen LogP contribution is -2.13. The molecule has 33 heavy (non-hydrogen) atoms. The van der Waals surface area contributed by atoms with Gasteiger partial charge in [-0.3, -0.25) is 0 Å². The quantitative estimate of drug-likeness (QED) is 0.318. The summed E-state index contributed by atoms with van der Waals surface area (Å²) in [6.07, 6.45) is 0. The number of esters is 2. The number of hydrogen-bond donors (Lipinski definition) is 0. The van der Waals surface area contributed by atoms with E-state index in [2.05, 4.69) is 0 Å². The lowest BCUT2D eigenvalue weighted by Gasteiger charge is -2.16. The number of benzene rings is 3. The average Bonchev–Trinajstić information content (AvgIpc) is 2.81. The van der Waals surface area contributed by atoms with Gasteiger partial charge in [0.2, 0.25) is 0 Å². The van der Waals surface area contributed by atoms with Gasteiger partial charge < -0.3 is 18.9 Å². The van der Waals surface area contributed by atoms with Gasteiger partial charge in [0.1, 0.15) is 23.0 Å². The monoisotopic (exact) mass is 448 g/mol. The van der Waals surface area contributed by atoms with Crippen molar-refractivity contribution in [2.75, 3.05) is 13.2 Å². The predicted molar refractivity (Wildman–Crippen MR) is 126 cm³/mol. The highest BCUT2D eigenvalue weighted by Gasteiger charge is 2.19. The zero-order chi connectivity index (χ0) is 24.0. The molecule has 3 rings (SSSR count). The molecular formula is C27H28O6. The Morgan fingerprint density at radius 2 is 1.12 bits per heavy atom. The summed E-state index contributed by atoms with van der Waals surface area (Å²) in [7, 11) is 0. The van der Waals surface area contributed by atoms with Gasteiger partial charge in [-0.2, -0.15) is 0 Å². The Morgan fingerprint density at radius 3 is 1.58 bits per heavy atom. The standard InChI is InChI=1S/C27H28O6/c1-6-30-22-12-8-20(9-13-22)26(28)32-24-16-17(3)25(19(5)18(24)4)33-27(29)21-10-14-23(15-11-21)31-7-2/h8-16H,6-7H2,1-5H3. The molecule has 0 unspecified atom stereocenters. The van der Waals surface area contributed by atoms with Crippen LogP contribution < -0.4 is 18.9 Å². The third-order valence-electron chi connectivity index (χ3n) is 5.18. The normalized spacial score (nSPS) is 10.5. The molecule has 6 nitrogen and oxygen atoms in total. The summed E-state index contributed by atoms with van der Waals surface area (Å²) < 4.78 is 22.1. The molecule has 0 aromatic heterocycles. The summed E-state index contributed by atoms with van der Waals surface area (Å²) in [4.78, 5) is 25.3. The zero-order valence-corrected chi connectivity index (χ0v) is 19.6. The van der Waals surface area contributed by atoms with Gasteiger partial charge >= 0.3 is 11.9 Å². The van der Waals surface area contributed by atoms with Crippen LogP contribution in [0.4, 0.5) is 0 Å². The summed E-state index contributed by atoms with van der Waals surface area (Å²) in [5, 5.41) is 0. The van der Waals surface area contributed by atoms with E-state index < -0.39 is 11.9 Å². The Kier molecular flexibility index (Phi) is 7.72. The Bertz CT molecular complexity index is 1130. The molecule has 3 aromatic rings. The van der Waals surface area contributed by atoms with Crippen molar-refractivity contribution in [1.29, 1.82) is 0 Å². The number of rotatable bonds is 8. The van der Waals surface area contributed by atoms with Crippen LogP contribution in [0.15, 0.2) is 54.6 Å². The minimum Gasteiger partial charge on any atom is -0.494 e. The Labute approximate surface area is 194 Å². The molecule has 0 radical (unpaired) electrons. The van der Waals surface area contributed by atoms with Crippen LogP contribution in [0.3, 0.4) is 0 Å². The van der Waals surface area contributed by atoms with Crippen molar-refractivity contribution in [2.24, 2.45) is 0 Å². The summed E-state index contributed by atoms with van der Waals surface area (Å²) >= 11 is 0. The molecule has 0 fully saturated rings. The molecule has 3 aromatic carbocycles. The zero-order valence-electron chi connectivity index (χ0n) is 19.6. The minimum absolute atomic E-state index is 0.416. The fourth-order valence-electron chi connectivity index (χ4n) is 3.30. The van der Waals surface area contributed by atoms with E-state index in [0.717, 1.165) is 11.1 Å². The lowest BCUT2D eigenvalue weighted by molar-refractivity contribution is 0.0716. The molecule has 0 aliphatic rings. The van der Waals surface area contributed by atoms with Crippen LogP contribution in [-0.4, -0.2) is 25.2 Å². The molecular weight excluding hydrogens is 420 g/mol. The van der Waals surface area contributed by atoms with E-state index in [1.165, 1.54) is 0 Å². The molecule has 0 saturated heterocycles. The largest absolute Gasteiger partial charge is 0.494 e. The highest BCUT2D eigenvalue weighted by Crippen LogP contribution is 2.34. The Balaban J connectivity index is 1.76. The van der Waals surface area contributed by atoms with Crippen molar-refractivity contribution >= 4 is 11.9 Å². The first-order valence-electron chi connectivity index (χ1n) is 10.8. The summed E-state index contributed by atoms with van der Waals surface area (Å²) in [5.41, 5.74) is 2.96. The lowest BCUT2D eigenvalue weighted by atomic mass is 10.0. The summed E-state index contributed by atoms with van der Waals surface area (Å²) in [6.45, 7) is 10.4. The maximum absolute atomic E-state index is 12.7. The van der Waals surface area contributed by atoms with Gasteiger partial charge in [0.15, 0.2) is 0 Å². The number of carbonyl (C=O) groups excluding carboxylic acids is 2. The number of hydrogen-bond acceptors (Lipinski definition) is 6. The molecule has 0 saturated carbocycles. The third kappa shape index (κ3) is 5.71. The highest BCUT2D eigenvalue weighted by molar-refractivity contribution is 5.92. The fraction of sp³-hybridized carbons (Fsp3) is 0.259. The van der Waals surface area contributed by atoms with Crippen LogP contribution in [0, 0.1) is 20.8 Å². The first-order chi connectivity index (χ1) is 15.8. The van der Waals surface area contributed by atoms with E-state index in [1.54, 1.807) is 54.6 Å². The molecule has 0 aliphatic carbocycles. The van der Waals surface area contributed by atoms with Crippen molar-refractivity contribution in [3.05, 3.63) is 82.4 Å². The maximum Gasteiger partial charge on any atom is 0.343 e. The molecule has 0 heterocycles. The molecule has 6 heteroatoms. The minimum atomic E-state index is -0.473. The van der Waals surface area contributed by atoms with Crippen LogP contribution >= 0.6 is 0 Å². The van der Waals surface area contributed by atoms with E-state index in [-0.39, 0.29) is 0 Å². The smallest absolute Gasteiger partial charge is 0.343 e. The van der Waals surface area contributed by atoms with Gasteiger partial charge in [-0.1, -0.05) is 0 Å². The number of ether oxygens (including phenoxy) is 4. The number of aryl methyl sites for hydroxylation is 1. The van der Waals surface area contributed by atoms with E-state index in [1.807, 2.05) is 34.6 Å². The average molecular weight is 449 g/mol. The van der Waals surface area contributed by atoms with Crippen molar-refractivity contribution < 1.29 is 28.5 Å². The van der Waals surface area contributed by atoms with Crippen LogP contribution in [0.25, 0.3) is 0 Å². The number of carbonyl (C=O) groups is 2. The first kappa shape index (κ1) is 23.9. The van der Waals surface area contributed by atoms with Gasteiger partial charge in [0.25, 0.3) is 0 Å². The molecule has 0 bridgehead atoms. The van der Waals surface area contributed by atoms with E-state index in [0.29, 0.717) is 52.9 Å². The van der Waals surface area contributed by atoms with Gasteiger partial charge in [-0.15, -0.1) is 0 Å². The van der Waals surface area contributed by atoms with Crippen LogP contribution in [0.2, 0.25) is 0 Å². The Morgan fingerprint density at radius 1 is 0.667 bits per heavy atom. The first-order valence-corrected chi connectivity index (χ1v) is 10.8. The Hall–Kier alpha value is -3.80. The van der Waals surface area contributed by atoms with Gasteiger partial charge in [0.05, 0.1) is 24.3 Å². The SMILES string of the molecule is CCOc1ccc(C(=O)Oc2cc(C)c(OC(=O)c3ccc(OCC)cc3)c(C)c2C)cc1. The molecule has 0 N–H and O–H groups in total. The predicted octanol–water partition coefficient (Wildman–Crippen LogP) is 5.85. The van der Waals surface area contributed by atoms with E-state index in [4.69, 9.17) is 18.9 Å². The van der Waals surface area contributed by atoms with Crippen molar-refractivity contribution in [1.82, 2.24) is 0 Å². The van der Waals surface area contributed by atoms with Gasteiger partial charge in [0, 0.05) is 0 Å². The second kappa shape index (κ2) is 10.7. The van der Waals surface area contributed by atoms with Gasteiger partial charge in [-0.05, 0) is 106 Å². The molecule has 0 aliphatic heterocycles. The van der Waals surface area contributed by atoms with Crippen LogP contribution in [0.1, 0.15) is 51.3 Å². The maximum atomic E-state index is 12.7. The summed E-state index contributed by atoms with van der Waals surface area (Å²) in [5.74, 6) is 1.31. The van der Waals surface area contributed by atoms with E-state index >= 15 is 0 Å². The third-order valence-corrected chi connectivity index (χ3v) is 5.18. The molecule has 0 amide bonds. The van der Waals surface area contributed by atoms with Gasteiger partial charge in [-0.25, -0.2) is 9.59 Å². The fourth-order valence-corrected chi connectivity index (χ4v) is 3.30. The second-order valence-corrected chi connectivity index (χ2v) is 7.46. The molecule has 0 atom stereocenters. The highest BCUT2D eigenvalue weighted by atomic mass is 16.5. The second-order valence-electron chi connectivity index (χ2n) is 7.46. The van der Waals surface area contributed by atoms with E-state index in [9.17, 15) is 9.59 Å². The van der Waals surface area contributed by atoms with Crippen molar-refractivity contribution in [3.63, 3.8) is 0 Å².